The minimum Gasteiger partial charge on any atom is -0.355 e. The van der Waals surface area contributed by atoms with Gasteiger partial charge in [-0.15, -0.1) is 0 Å². The molecule has 1 heterocycles. The van der Waals surface area contributed by atoms with E-state index >= 15 is 0 Å². The van der Waals surface area contributed by atoms with E-state index < -0.39 is 0 Å². The molecule has 6 heteroatoms. The second-order valence-electron chi connectivity index (χ2n) is 7.04. The molecule has 0 fully saturated rings. The van der Waals surface area contributed by atoms with Gasteiger partial charge in [-0.05, 0) is 50.9 Å². The smallest absolute Gasteiger partial charge is 0.238 e. The maximum absolute atomic E-state index is 12.7. The SMILES string of the molecule is CCc1ccccc1NC(=O)CN(C)CC(=O)c1[nH]c(C)c(C(C)=O)c1CC. The van der Waals surface area contributed by atoms with Gasteiger partial charge in [-0.3, -0.25) is 19.3 Å². The van der Waals surface area contributed by atoms with E-state index in [9.17, 15) is 14.4 Å². The number of amides is 1. The van der Waals surface area contributed by atoms with Crippen molar-refractivity contribution >= 4 is 23.2 Å². The highest BCUT2D eigenvalue weighted by molar-refractivity contribution is 6.04. The van der Waals surface area contributed by atoms with E-state index in [0.717, 1.165) is 23.2 Å². The van der Waals surface area contributed by atoms with Crippen molar-refractivity contribution in [2.45, 2.75) is 40.5 Å². The maximum atomic E-state index is 12.7. The van der Waals surface area contributed by atoms with Crippen molar-refractivity contribution in [3.8, 4) is 0 Å². The number of likely N-dealkylation sites (N-methyl/N-ethyl adjacent to an activating group) is 1. The molecule has 0 saturated carbocycles. The third-order valence-electron chi connectivity index (χ3n) is 4.77. The molecule has 6 nitrogen and oxygen atoms in total. The normalized spacial score (nSPS) is 10.9. The maximum Gasteiger partial charge on any atom is 0.238 e. The Kier molecular flexibility index (Phi) is 7.29. The fraction of sp³-hybridized carbons (Fsp3) is 0.409. The first-order valence-corrected chi connectivity index (χ1v) is 9.60. The molecule has 0 bridgehead atoms. The Morgan fingerprint density at radius 3 is 2.36 bits per heavy atom. The Bertz CT molecular complexity index is 883. The van der Waals surface area contributed by atoms with Crippen LogP contribution in [0.15, 0.2) is 24.3 Å². The van der Waals surface area contributed by atoms with Crippen LogP contribution in [0, 0.1) is 6.92 Å². The van der Waals surface area contributed by atoms with Gasteiger partial charge in [0, 0.05) is 16.9 Å². The summed E-state index contributed by atoms with van der Waals surface area (Å²) < 4.78 is 0. The van der Waals surface area contributed by atoms with E-state index in [4.69, 9.17) is 0 Å². The summed E-state index contributed by atoms with van der Waals surface area (Å²) in [4.78, 5) is 41.7. The number of nitrogens with one attached hydrogen (secondary N) is 2. The van der Waals surface area contributed by atoms with E-state index in [1.54, 1.807) is 18.9 Å². The van der Waals surface area contributed by atoms with Crippen molar-refractivity contribution in [2.75, 3.05) is 25.5 Å². The number of para-hydroxylation sites is 1. The lowest BCUT2D eigenvalue weighted by atomic mass is 10.0. The number of benzene rings is 1. The number of carbonyl (C=O) groups is 3. The largest absolute Gasteiger partial charge is 0.355 e. The summed E-state index contributed by atoms with van der Waals surface area (Å²) in [5.74, 6) is -0.345. The Morgan fingerprint density at radius 2 is 1.75 bits per heavy atom. The fourth-order valence-corrected chi connectivity index (χ4v) is 3.51. The molecule has 1 aromatic carbocycles. The molecule has 0 atom stereocenters. The molecule has 0 aliphatic carbocycles. The van der Waals surface area contributed by atoms with Crippen molar-refractivity contribution in [1.82, 2.24) is 9.88 Å². The zero-order valence-electron chi connectivity index (χ0n) is 17.3. The molecular formula is C22H29N3O3. The van der Waals surface area contributed by atoms with Crippen LogP contribution in [0.2, 0.25) is 0 Å². The number of hydrogen-bond donors (Lipinski definition) is 2. The van der Waals surface area contributed by atoms with Gasteiger partial charge in [0.2, 0.25) is 5.91 Å². The molecule has 1 amide bonds. The first-order chi connectivity index (χ1) is 13.3. The number of anilines is 1. The number of H-pyrrole nitrogens is 1. The number of carbonyl (C=O) groups excluding carboxylic acids is 3. The van der Waals surface area contributed by atoms with Gasteiger partial charge < -0.3 is 10.3 Å². The van der Waals surface area contributed by atoms with Crippen molar-refractivity contribution < 1.29 is 14.4 Å². The van der Waals surface area contributed by atoms with Crippen molar-refractivity contribution in [3.05, 3.63) is 52.3 Å². The lowest BCUT2D eigenvalue weighted by molar-refractivity contribution is -0.116. The molecule has 150 valence electrons. The van der Waals surface area contributed by atoms with Gasteiger partial charge in [-0.2, -0.15) is 0 Å². The number of Topliss-reactive ketones (excluding diaryl/α,β-unsaturated/α-hetero) is 2. The second-order valence-corrected chi connectivity index (χ2v) is 7.04. The zero-order chi connectivity index (χ0) is 20.8. The number of nitrogens with zero attached hydrogens (tertiary/aromatic N) is 1. The van der Waals surface area contributed by atoms with Gasteiger partial charge in [0.25, 0.3) is 0 Å². The fourth-order valence-electron chi connectivity index (χ4n) is 3.51. The van der Waals surface area contributed by atoms with Gasteiger partial charge in [-0.1, -0.05) is 32.0 Å². The molecule has 2 rings (SSSR count). The molecule has 0 unspecified atom stereocenters. The van der Waals surface area contributed by atoms with Gasteiger partial charge in [0.15, 0.2) is 11.6 Å². The van der Waals surface area contributed by atoms with E-state index in [0.29, 0.717) is 23.4 Å². The zero-order valence-corrected chi connectivity index (χ0v) is 17.3. The lowest BCUT2D eigenvalue weighted by Gasteiger charge is -2.16. The van der Waals surface area contributed by atoms with Gasteiger partial charge in [0.1, 0.15) is 0 Å². The first-order valence-electron chi connectivity index (χ1n) is 9.60. The number of hydrogen-bond acceptors (Lipinski definition) is 4. The van der Waals surface area contributed by atoms with Crippen molar-refractivity contribution in [1.29, 1.82) is 0 Å². The van der Waals surface area contributed by atoms with Crippen LogP contribution in [0.3, 0.4) is 0 Å². The highest BCUT2D eigenvalue weighted by atomic mass is 16.2. The molecule has 2 N–H and O–H groups in total. The lowest BCUT2D eigenvalue weighted by Crippen LogP contribution is -2.34. The standard InChI is InChI=1S/C22H29N3O3/c1-6-16-10-8-9-11-18(16)24-20(28)13-25(5)12-19(27)22-17(7-2)21(15(4)26)14(3)23-22/h8-11,23H,6-7,12-13H2,1-5H3,(H,24,28). The highest BCUT2D eigenvalue weighted by Crippen LogP contribution is 2.21. The van der Waals surface area contributed by atoms with Crippen LogP contribution < -0.4 is 5.32 Å². The Morgan fingerprint density at radius 1 is 1.07 bits per heavy atom. The average Bonchev–Trinajstić information content (AvgIpc) is 2.98. The van der Waals surface area contributed by atoms with Crippen LogP contribution in [0.25, 0.3) is 0 Å². The van der Waals surface area contributed by atoms with Crippen LogP contribution >= 0.6 is 0 Å². The summed E-state index contributed by atoms with van der Waals surface area (Å²) >= 11 is 0. The number of aryl methyl sites for hydroxylation is 2. The van der Waals surface area contributed by atoms with Gasteiger partial charge in [0.05, 0.1) is 18.8 Å². The molecule has 0 aliphatic rings. The van der Waals surface area contributed by atoms with E-state index in [-0.39, 0.29) is 30.6 Å². The highest BCUT2D eigenvalue weighted by Gasteiger charge is 2.22. The van der Waals surface area contributed by atoms with Crippen LogP contribution in [-0.4, -0.2) is 47.5 Å². The molecule has 1 aromatic heterocycles. The van der Waals surface area contributed by atoms with Crippen molar-refractivity contribution in [2.24, 2.45) is 0 Å². The summed E-state index contributed by atoms with van der Waals surface area (Å²) in [6.45, 7) is 7.46. The topological polar surface area (TPSA) is 82.3 Å². The minimum absolute atomic E-state index is 0.0491. The van der Waals surface area contributed by atoms with E-state index in [1.807, 2.05) is 38.1 Å². The summed E-state index contributed by atoms with van der Waals surface area (Å²) in [5, 5.41) is 2.91. The number of aromatic amines is 1. The number of aromatic nitrogens is 1. The molecule has 2 aromatic rings. The Balaban J connectivity index is 2.04. The van der Waals surface area contributed by atoms with Crippen molar-refractivity contribution in [3.63, 3.8) is 0 Å². The predicted octanol–water partition coefficient (Wildman–Crippen LogP) is 3.40. The third kappa shape index (κ3) is 4.95. The molecule has 0 radical (unpaired) electrons. The van der Waals surface area contributed by atoms with Crippen LogP contribution in [0.4, 0.5) is 5.69 Å². The second kappa shape index (κ2) is 9.46. The molecule has 28 heavy (non-hydrogen) atoms. The van der Waals surface area contributed by atoms with Gasteiger partial charge >= 0.3 is 0 Å². The summed E-state index contributed by atoms with van der Waals surface area (Å²) in [6, 6.07) is 7.68. The molecular weight excluding hydrogens is 354 g/mol. The first kappa shape index (κ1) is 21.6. The average molecular weight is 383 g/mol. The minimum atomic E-state index is -0.168. The number of rotatable bonds is 9. The van der Waals surface area contributed by atoms with E-state index in [2.05, 4.69) is 10.3 Å². The van der Waals surface area contributed by atoms with E-state index in [1.165, 1.54) is 6.92 Å². The third-order valence-corrected chi connectivity index (χ3v) is 4.77. The van der Waals surface area contributed by atoms with Crippen LogP contribution in [-0.2, 0) is 17.6 Å². The summed E-state index contributed by atoms with van der Waals surface area (Å²) in [6.07, 6.45) is 1.42. The molecule has 0 saturated heterocycles. The monoisotopic (exact) mass is 383 g/mol. The Labute approximate surface area is 166 Å². The summed E-state index contributed by atoms with van der Waals surface area (Å²) in [7, 11) is 1.73. The number of ketones is 2. The Hall–Kier alpha value is -2.73. The van der Waals surface area contributed by atoms with Crippen LogP contribution in [0.1, 0.15) is 58.4 Å². The molecule has 0 spiro atoms. The van der Waals surface area contributed by atoms with Gasteiger partial charge in [-0.25, -0.2) is 0 Å². The quantitative estimate of drug-likeness (QED) is 0.650. The summed E-state index contributed by atoms with van der Waals surface area (Å²) in [5.41, 5.74) is 4.40. The van der Waals surface area contributed by atoms with Crippen LogP contribution in [0.5, 0.6) is 0 Å². The molecule has 0 aliphatic heterocycles. The predicted molar refractivity (Wildman–Crippen MR) is 111 cm³/mol.